The van der Waals surface area contributed by atoms with Crippen molar-refractivity contribution in [3.05, 3.63) is 44.9 Å². The summed E-state index contributed by atoms with van der Waals surface area (Å²) in [6.45, 7) is 6.02. The van der Waals surface area contributed by atoms with Gasteiger partial charge in [-0.3, -0.25) is 0 Å². The van der Waals surface area contributed by atoms with Gasteiger partial charge in [0.2, 0.25) is 0 Å². The lowest BCUT2D eigenvalue weighted by Gasteiger charge is -2.05. The molecule has 0 radical (unpaired) electrons. The van der Waals surface area contributed by atoms with Crippen LogP contribution < -0.4 is 0 Å². The van der Waals surface area contributed by atoms with E-state index >= 15 is 0 Å². The van der Waals surface area contributed by atoms with Gasteiger partial charge in [0.1, 0.15) is 0 Å². The zero-order valence-corrected chi connectivity index (χ0v) is 13.7. The molecule has 0 atom stereocenters. The molecule has 2 aromatic heterocycles. The first-order valence-corrected chi connectivity index (χ1v) is 8.20. The Morgan fingerprint density at radius 2 is 1.95 bits per heavy atom. The molecule has 21 heavy (non-hydrogen) atoms. The fraction of sp³-hybridized carbons (Fsp3) is 0.267. The molecule has 0 fully saturated rings. The maximum atomic E-state index is 10.5. The molecular formula is C15H16N2O2S2. The molecule has 0 aliphatic carbocycles. The van der Waals surface area contributed by atoms with E-state index in [1.54, 1.807) is 29.2 Å². The molecule has 110 valence electrons. The van der Waals surface area contributed by atoms with Crippen LogP contribution in [0.1, 0.15) is 26.7 Å². The highest BCUT2D eigenvalue weighted by Gasteiger charge is 2.06. The molecule has 1 N–H and O–H groups in total. The van der Waals surface area contributed by atoms with Crippen molar-refractivity contribution in [1.29, 1.82) is 0 Å². The third kappa shape index (κ3) is 4.41. The minimum atomic E-state index is -0.932. The molecule has 2 heterocycles. The number of thiophene rings is 1. The third-order valence-electron chi connectivity index (χ3n) is 3.03. The quantitative estimate of drug-likeness (QED) is 0.515. The zero-order chi connectivity index (χ0) is 15.4. The molecule has 4 nitrogen and oxygen atoms in total. The Morgan fingerprint density at radius 1 is 1.29 bits per heavy atom. The van der Waals surface area contributed by atoms with Crippen LogP contribution in [-0.2, 0) is 10.5 Å². The second kappa shape index (κ2) is 6.87. The van der Waals surface area contributed by atoms with E-state index in [1.807, 2.05) is 32.9 Å². The molecule has 0 unspecified atom stereocenters. The van der Waals surface area contributed by atoms with Crippen molar-refractivity contribution in [2.75, 3.05) is 0 Å². The molecule has 0 amide bonds. The van der Waals surface area contributed by atoms with Crippen LogP contribution in [0, 0.1) is 20.8 Å². The summed E-state index contributed by atoms with van der Waals surface area (Å²) in [5.41, 5.74) is 3.17. The number of thioether (sulfide) groups is 1. The maximum Gasteiger partial charge on any atom is 0.328 e. The predicted molar refractivity (Wildman–Crippen MR) is 86.8 cm³/mol. The molecule has 0 bridgehead atoms. The zero-order valence-electron chi connectivity index (χ0n) is 12.1. The van der Waals surface area contributed by atoms with Crippen LogP contribution in [0.15, 0.2) is 23.4 Å². The SMILES string of the molecule is Cc1nc(SCc2ccc(C=CC(=O)O)s2)nc(C)c1C. The van der Waals surface area contributed by atoms with Gasteiger partial charge in [0.15, 0.2) is 5.16 Å². The van der Waals surface area contributed by atoms with Crippen molar-refractivity contribution in [3.8, 4) is 0 Å². The number of nitrogens with zero attached hydrogens (tertiary/aromatic N) is 2. The Morgan fingerprint density at radius 3 is 2.57 bits per heavy atom. The van der Waals surface area contributed by atoms with Gasteiger partial charge in [0.05, 0.1) is 0 Å². The van der Waals surface area contributed by atoms with Gasteiger partial charge in [-0.25, -0.2) is 14.8 Å². The largest absolute Gasteiger partial charge is 0.478 e. The van der Waals surface area contributed by atoms with E-state index in [2.05, 4.69) is 9.97 Å². The summed E-state index contributed by atoms with van der Waals surface area (Å²) in [5.74, 6) is -0.147. The van der Waals surface area contributed by atoms with Gasteiger partial charge in [0.25, 0.3) is 0 Å². The molecule has 0 spiro atoms. The standard InChI is InChI=1S/C15H16N2O2S2/c1-9-10(2)16-15(17-11(9)3)20-8-13-5-4-12(21-13)6-7-14(18)19/h4-7H,8H2,1-3H3,(H,18,19). The van der Waals surface area contributed by atoms with Crippen molar-refractivity contribution in [1.82, 2.24) is 9.97 Å². The molecule has 2 rings (SSSR count). The van der Waals surface area contributed by atoms with Crippen LogP contribution >= 0.6 is 23.1 Å². The van der Waals surface area contributed by atoms with Crippen molar-refractivity contribution >= 4 is 35.1 Å². The molecule has 0 aliphatic rings. The monoisotopic (exact) mass is 320 g/mol. The number of carbonyl (C=O) groups is 1. The number of aliphatic carboxylic acids is 1. The van der Waals surface area contributed by atoms with Gasteiger partial charge in [-0.15, -0.1) is 11.3 Å². The normalized spacial score (nSPS) is 11.2. The highest BCUT2D eigenvalue weighted by Crippen LogP contribution is 2.26. The minimum absolute atomic E-state index is 0.784. The van der Waals surface area contributed by atoms with E-state index in [-0.39, 0.29) is 0 Å². The van der Waals surface area contributed by atoms with Crippen LogP contribution in [0.3, 0.4) is 0 Å². The number of carboxylic acids is 1. The van der Waals surface area contributed by atoms with Crippen molar-refractivity contribution in [2.24, 2.45) is 0 Å². The van der Waals surface area contributed by atoms with Gasteiger partial charge >= 0.3 is 5.97 Å². The lowest BCUT2D eigenvalue weighted by Crippen LogP contribution is -1.97. The highest BCUT2D eigenvalue weighted by molar-refractivity contribution is 7.98. The molecular weight excluding hydrogens is 304 g/mol. The first-order chi connectivity index (χ1) is 9.95. The third-order valence-corrected chi connectivity index (χ3v) is 5.16. The second-order valence-electron chi connectivity index (χ2n) is 4.57. The summed E-state index contributed by atoms with van der Waals surface area (Å²) in [6, 6.07) is 3.93. The van der Waals surface area contributed by atoms with E-state index in [4.69, 9.17) is 5.11 Å². The summed E-state index contributed by atoms with van der Waals surface area (Å²) < 4.78 is 0. The number of rotatable bonds is 5. The average Bonchev–Trinajstić information content (AvgIpc) is 2.88. The van der Waals surface area contributed by atoms with Crippen LogP contribution in [0.2, 0.25) is 0 Å². The van der Waals surface area contributed by atoms with E-state index in [0.29, 0.717) is 0 Å². The topological polar surface area (TPSA) is 63.1 Å². The van der Waals surface area contributed by atoms with Gasteiger partial charge < -0.3 is 5.11 Å². The first-order valence-electron chi connectivity index (χ1n) is 6.40. The summed E-state index contributed by atoms with van der Waals surface area (Å²) in [7, 11) is 0. The van der Waals surface area contributed by atoms with Gasteiger partial charge in [-0.2, -0.15) is 0 Å². The van der Waals surface area contributed by atoms with Crippen molar-refractivity contribution < 1.29 is 9.90 Å². The number of aryl methyl sites for hydroxylation is 2. The fourth-order valence-electron chi connectivity index (χ4n) is 1.66. The number of hydrogen-bond donors (Lipinski definition) is 1. The number of carboxylic acid groups (broad SMARTS) is 1. The van der Waals surface area contributed by atoms with E-state index in [9.17, 15) is 4.79 Å². The Labute approximate surface area is 132 Å². The summed E-state index contributed by atoms with van der Waals surface area (Å²) >= 11 is 3.18. The van der Waals surface area contributed by atoms with E-state index < -0.39 is 5.97 Å². The van der Waals surface area contributed by atoms with Crippen LogP contribution in [0.4, 0.5) is 0 Å². The Balaban J connectivity index is 2.02. The van der Waals surface area contributed by atoms with Gasteiger partial charge in [0, 0.05) is 33.0 Å². The number of aromatic nitrogens is 2. The fourth-order valence-corrected chi connectivity index (χ4v) is 3.55. The average molecular weight is 320 g/mol. The van der Waals surface area contributed by atoms with Crippen LogP contribution in [0.25, 0.3) is 6.08 Å². The Hall–Kier alpha value is -1.66. The number of hydrogen-bond acceptors (Lipinski definition) is 5. The smallest absolute Gasteiger partial charge is 0.328 e. The molecule has 2 aromatic rings. The molecule has 0 aromatic carbocycles. The van der Waals surface area contributed by atoms with Gasteiger partial charge in [-0.1, -0.05) is 11.8 Å². The lowest BCUT2D eigenvalue weighted by molar-refractivity contribution is -0.131. The summed E-state index contributed by atoms with van der Waals surface area (Å²) in [6.07, 6.45) is 2.76. The maximum absolute atomic E-state index is 10.5. The van der Waals surface area contributed by atoms with Crippen LogP contribution in [-0.4, -0.2) is 21.0 Å². The Kier molecular flexibility index (Phi) is 5.14. The molecule has 0 aliphatic heterocycles. The lowest BCUT2D eigenvalue weighted by atomic mass is 10.2. The van der Waals surface area contributed by atoms with Crippen molar-refractivity contribution in [3.63, 3.8) is 0 Å². The highest BCUT2D eigenvalue weighted by atomic mass is 32.2. The molecule has 6 heteroatoms. The summed E-state index contributed by atoms with van der Waals surface area (Å²) in [4.78, 5) is 21.5. The summed E-state index contributed by atoms with van der Waals surface area (Å²) in [5, 5.41) is 9.39. The van der Waals surface area contributed by atoms with Crippen LogP contribution in [0.5, 0.6) is 0 Å². The Bertz CT molecular complexity index is 670. The predicted octanol–water partition coefficient (Wildman–Crippen LogP) is 3.85. The first kappa shape index (κ1) is 15.7. The molecule has 0 saturated carbocycles. The van der Waals surface area contributed by atoms with E-state index in [1.165, 1.54) is 4.88 Å². The second-order valence-corrected chi connectivity index (χ2v) is 6.71. The molecule has 0 saturated heterocycles. The minimum Gasteiger partial charge on any atom is -0.478 e. The van der Waals surface area contributed by atoms with E-state index in [0.717, 1.165) is 38.8 Å². The van der Waals surface area contributed by atoms with Crippen molar-refractivity contribution in [2.45, 2.75) is 31.7 Å². The van der Waals surface area contributed by atoms with Gasteiger partial charge in [-0.05, 0) is 44.5 Å².